The number of hydrogen-bond acceptors (Lipinski definition) is 3. The van der Waals surface area contributed by atoms with Crippen LogP contribution in [-0.4, -0.2) is 19.9 Å². The van der Waals surface area contributed by atoms with Crippen molar-refractivity contribution >= 4 is 19.1 Å². The Labute approximate surface area is 77.1 Å². The second-order valence-electron chi connectivity index (χ2n) is 3.13. The Kier molecular flexibility index (Phi) is 1.76. The van der Waals surface area contributed by atoms with Crippen molar-refractivity contribution in [2.75, 3.05) is 0 Å². The van der Waals surface area contributed by atoms with Crippen molar-refractivity contribution in [2.24, 2.45) is 0 Å². The summed E-state index contributed by atoms with van der Waals surface area (Å²) in [4.78, 5) is 10.9. The molecular weight excluding hydrogens is 167 g/mol. The van der Waals surface area contributed by atoms with E-state index in [9.17, 15) is 4.79 Å². The first-order valence-corrected chi connectivity index (χ1v) is 4.11. The van der Waals surface area contributed by atoms with Gasteiger partial charge in [0.15, 0.2) is 11.5 Å². The first kappa shape index (κ1) is 8.17. The van der Waals surface area contributed by atoms with Gasteiger partial charge in [-0.05, 0) is 12.1 Å². The number of carbonyl (C=O) groups is 1. The van der Waals surface area contributed by atoms with E-state index in [1.54, 1.807) is 0 Å². The summed E-state index contributed by atoms with van der Waals surface area (Å²) in [5.41, 5.74) is 1.09. The van der Waals surface area contributed by atoms with Gasteiger partial charge < -0.3 is 9.47 Å². The third-order valence-electron chi connectivity index (χ3n) is 1.90. The molecule has 0 aliphatic carbocycles. The molecule has 1 heterocycles. The van der Waals surface area contributed by atoms with Crippen molar-refractivity contribution in [1.82, 2.24) is 0 Å². The van der Waals surface area contributed by atoms with Crippen LogP contribution in [0.5, 0.6) is 11.5 Å². The summed E-state index contributed by atoms with van der Waals surface area (Å²) in [6.07, 6.45) is -0.753. The summed E-state index contributed by atoms with van der Waals surface area (Å²) in [5.74, 6) is 1.18. The van der Waals surface area contributed by atoms with Gasteiger partial charge in [-0.1, -0.05) is 11.5 Å². The Balaban J connectivity index is 2.30. The Morgan fingerprint density at radius 1 is 1.38 bits per heavy atom. The second-order valence-corrected chi connectivity index (χ2v) is 3.13. The van der Waals surface area contributed by atoms with E-state index in [0.29, 0.717) is 11.5 Å². The molecule has 0 spiro atoms. The quantitative estimate of drug-likeness (QED) is 0.547. The van der Waals surface area contributed by atoms with Crippen molar-refractivity contribution in [1.29, 1.82) is 0 Å². The molecule has 0 saturated heterocycles. The monoisotopic (exact) mass is 176 g/mol. The number of carbonyl (C=O) groups excluding carboxylic acids is 1. The third-order valence-corrected chi connectivity index (χ3v) is 1.90. The van der Waals surface area contributed by atoms with Crippen LogP contribution < -0.4 is 14.9 Å². The first-order chi connectivity index (χ1) is 6.16. The van der Waals surface area contributed by atoms with Crippen molar-refractivity contribution in [3.8, 4) is 11.5 Å². The summed E-state index contributed by atoms with van der Waals surface area (Å²) in [7, 11) is 1.96. The molecule has 0 bridgehead atoms. The molecule has 1 aromatic carbocycles. The average Bonchev–Trinajstić information content (AvgIpc) is 2.46. The van der Waals surface area contributed by atoms with Gasteiger partial charge in [-0.15, -0.1) is 0 Å². The molecule has 3 nitrogen and oxygen atoms in total. The number of ether oxygens (including phenoxy) is 2. The zero-order chi connectivity index (χ0) is 9.42. The van der Waals surface area contributed by atoms with Crippen molar-refractivity contribution in [3.05, 3.63) is 18.2 Å². The fourth-order valence-corrected chi connectivity index (χ4v) is 1.23. The number of fused-ring (bicyclic) bond motifs is 1. The molecule has 1 aliphatic rings. The highest BCUT2D eigenvalue weighted by Crippen LogP contribution is 2.33. The van der Waals surface area contributed by atoms with Crippen LogP contribution in [0.2, 0.25) is 0 Å². The molecule has 0 aromatic heterocycles. The number of benzene rings is 1. The largest absolute Gasteiger partial charge is 0.444 e. The van der Waals surface area contributed by atoms with Gasteiger partial charge in [0, 0.05) is 6.92 Å². The van der Waals surface area contributed by atoms with E-state index >= 15 is 0 Å². The Bertz CT molecular complexity index is 362. The Morgan fingerprint density at radius 3 is 2.77 bits per heavy atom. The van der Waals surface area contributed by atoms with Gasteiger partial charge in [-0.2, -0.15) is 0 Å². The number of ketones is 1. The molecule has 0 amide bonds. The van der Waals surface area contributed by atoms with Gasteiger partial charge in [0.25, 0.3) is 0 Å². The zero-order valence-electron chi connectivity index (χ0n) is 7.53. The van der Waals surface area contributed by atoms with E-state index in [4.69, 9.17) is 9.47 Å². The minimum Gasteiger partial charge on any atom is -0.444 e. The standard InChI is InChI=1S/C9H9BO3/c1-5(11)9-12-7-3-2-6(10)4-8(7)13-9/h2-4,9H,10H2,1H3. The lowest BCUT2D eigenvalue weighted by atomic mass is 9.96. The van der Waals surface area contributed by atoms with Crippen molar-refractivity contribution in [2.45, 2.75) is 13.2 Å². The molecule has 0 saturated carbocycles. The Hall–Kier alpha value is -1.45. The zero-order valence-corrected chi connectivity index (χ0v) is 7.53. The van der Waals surface area contributed by atoms with Gasteiger partial charge in [0.1, 0.15) is 7.85 Å². The van der Waals surface area contributed by atoms with Crippen molar-refractivity contribution < 1.29 is 14.3 Å². The van der Waals surface area contributed by atoms with Crippen LogP contribution in [0.1, 0.15) is 6.92 Å². The van der Waals surface area contributed by atoms with Crippen LogP contribution in [0.4, 0.5) is 0 Å². The fourth-order valence-electron chi connectivity index (χ4n) is 1.23. The molecule has 1 atom stereocenters. The highest BCUT2D eigenvalue weighted by atomic mass is 16.7. The van der Waals surface area contributed by atoms with E-state index in [-0.39, 0.29) is 5.78 Å². The summed E-state index contributed by atoms with van der Waals surface area (Å²) in [6.45, 7) is 1.45. The lowest BCUT2D eigenvalue weighted by Crippen LogP contribution is -2.26. The van der Waals surface area contributed by atoms with Crippen LogP contribution in [0.3, 0.4) is 0 Å². The maximum atomic E-state index is 10.9. The van der Waals surface area contributed by atoms with Gasteiger partial charge in [-0.25, -0.2) is 0 Å². The van der Waals surface area contributed by atoms with Crippen LogP contribution in [0.25, 0.3) is 0 Å². The maximum Gasteiger partial charge on any atom is 0.300 e. The predicted octanol–water partition coefficient (Wildman–Crippen LogP) is -0.369. The molecule has 1 aliphatic heterocycles. The number of hydrogen-bond donors (Lipinski definition) is 0. The van der Waals surface area contributed by atoms with Crippen LogP contribution in [0, 0.1) is 0 Å². The van der Waals surface area contributed by atoms with Crippen LogP contribution >= 0.6 is 0 Å². The molecule has 0 fully saturated rings. The first-order valence-electron chi connectivity index (χ1n) is 4.11. The molecule has 1 unspecified atom stereocenters. The van der Waals surface area contributed by atoms with Gasteiger partial charge >= 0.3 is 6.29 Å². The number of Topliss-reactive ketones (excluding diaryl/α,β-unsaturated/α-hetero) is 1. The van der Waals surface area contributed by atoms with Gasteiger partial charge in [0.05, 0.1) is 0 Å². The van der Waals surface area contributed by atoms with E-state index < -0.39 is 6.29 Å². The van der Waals surface area contributed by atoms with Crippen LogP contribution in [0.15, 0.2) is 18.2 Å². The van der Waals surface area contributed by atoms with Crippen LogP contribution in [-0.2, 0) is 4.79 Å². The van der Waals surface area contributed by atoms with E-state index in [0.717, 1.165) is 5.46 Å². The molecule has 4 heteroatoms. The lowest BCUT2D eigenvalue weighted by Gasteiger charge is -2.03. The van der Waals surface area contributed by atoms with E-state index in [1.807, 2.05) is 26.0 Å². The minimum absolute atomic E-state index is 0.117. The molecule has 1 aromatic rings. The topological polar surface area (TPSA) is 35.5 Å². The third kappa shape index (κ3) is 1.39. The summed E-state index contributed by atoms with van der Waals surface area (Å²) in [6, 6.07) is 5.59. The normalized spacial score (nSPS) is 18.7. The minimum atomic E-state index is -0.753. The van der Waals surface area contributed by atoms with E-state index in [1.165, 1.54) is 6.92 Å². The second kappa shape index (κ2) is 2.80. The molecule has 66 valence electrons. The highest BCUT2D eigenvalue weighted by Gasteiger charge is 2.27. The molecule has 0 N–H and O–H groups in total. The SMILES string of the molecule is Bc1ccc2c(c1)OC(C(C)=O)O2. The molecule has 13 heavy (non-hydrogen) atoms. The molecular formula is C9H9BO3. The maximum absolute atomic E-state index is 10.9. The van der Waals surface area contributed by atoms with Gasteiger partial charge in [0.2, 0.25) is 5.78 Å². The fraction of sp³-hybridized carbons (Fsp3) is 0.222. The predicted molar refractivity (Wildman–Crippen MR) is 50.3 cm³/mol. The lowest BCUT2D eigenvalue weighted by molar-refractivity contribution is -0.132. The summed E-state index contributed by atoms with van der Waals surface area (Å²) in [5, 5.41) is 0. The smallest absolute Gasteiger partial charge is 0.300 e. The average molecular weight is 176 g/mol. The van der Waals surface area contributed by atoms with Gasteiger partial charge in [-0.3, -0.25) is 4.79 Å². The highest BCUT2D eigenvalue weighted by molar-refractivity contribution is 6.32. The number of rotatable bonds is 1. The molecule has 2 rings (SSSR count). The van der Waals surface area contributed by atoms with Crippen molar-refractivity contribution in [3.63, 3.8) is 0 Å². The Morgan fingerprint density at radius 2 is 2.08 bits per heavy atom. The van der Waals surface area contributed by atoms with E-state index in [2.05, 4.69) is 0 Å². The summed E-state index contributed by atoms with van der Waals surface area (Å²) < 4.78 is 10.5. The summed E-state index contributed by atoms with van der Waals surface area (Å²) >= 11 is 0. The molecule has 0 radical (unpaired) electrons.